The third kappa shape index (κ3) is 2.73. The fourth-order valence-electron chi connectivity index (χ4n) is 0.911. The first-order valence-electron chi connectivity index (χ1n) is 4.29. The van der Waals surface area contributed by atoms with E-state index in [9.17, 15) is 9.59 Å². The number of aromatic nitrogens is 1. The molecule has 0 fully saturated rings. The van der Waals surface area contributed by atoms with Crippen LogP contribution in [0.4, 0.5) is 4.79 Å². The van der Waals surface area contributed by atoms with Crippen LogP contribution in [0.3, 0.4) is 0 Å². The summed E-state index contributed by atoms with van der Waals surface area (Å²) in [5, 5.41) is 0. The SMILES string of the molecule is CC(C)(C)OC(=O)n1ccc(C=O)c1. The van der Waals surface area contributed by atoms with E-state index in [1.165, 1.54) is 17.0 Å². The molecule has 1 heterocycles. The average molecular weight is 195 g/mol. The molecule has 1 aromatic rings. The molecule has 0 spiro atoms. The lowest BCUT2D eigenvalue weighted by Gasteiger charge is -2.19. The lowest BCUT2D eigenvalue weighted by atomic mass is 10.2. The van der Waals surface area contributed by atoms with Crippen molar-refractivity contribution >= 4 is 12.4 Å². The lowest BCUT2D eigenvalue weighted by Crippen LogP contribution is -2.26. The summed E-state index contributed by atoms with van der Waals surface area (Å²) in [6.07, 6.45) is 3.13. The second-order valence-corrected chi connectivity index (χ2v) is 3.95. The molecule has 0 unspecified atom stereocenters. The van der Waals surface area contributed by atoms with E-state index in [4.69, 9.17) is 4.74 Å². The minimum absolute atomic E-state index is 0.454. The van der Waals surface area contributed by atoms with Crippen molar-refractivity contribution in [3.63, 3.8) is 0 Å². The predicted molar refractivity (Wildman–Crippen MR) is 51.5 cm³/mol. The Bertz CT molecular complexity index is 346. The number of rotatable bonds is 1. The Balaban J connectivity index is 2.75. The Labute approximate surface area is 82.5 Å². The molecule has 4 nitrogen and oxygen atoms in total. The minimum atomic E-state index is -0.525. The quantitative estimate of drug-likeness (QED) is 0.644. The maximum absolute atomic E-state index is 11.4. The zero-order valence-corrected chi connectivity index (χ0v) is 8.48. The van der Waals surface area contributed by atoms with Crippen molar-refractivity contribution < 1.29 is 14.3 Å². The number of hydrogen-bond acceptors (Lipinski definition) is 3. The third-order valence-corrected chi connectivity index (χ3v) is 1.46. The summed E-state index contributed by atoms with van der Waals surface area (Å²) < 4.78 is 6.33. The summed E-state index contributed by atoms with van der Waals surface area (Å²) >= 11 is 0. The molecule has 1 aromatic heterocycles. The number of aldehydes is 1. The van der Waals surface area contributed by atoms with Gasteiger partial charge in [-0.2, -0.15) is 0 Å². The zero-order valence-electron chi connectivity index (χ0n) is 8.48. The number of nitrogens with zero attached hydrogens (tertiary/aromatic N) is 1. The molecule has 4 heteroatoms. The van der Waals surface area contributed by atoms with Crippen LogP contribution < -0.4 is 0 Å². The maximum Gasteiger partial charge on any atom is 0.418 e. The molecular formula is C10H13NO3. The van der Waals surface area contributed by atoms with E-state index in [0.29, 0.717) is 11.8 Å². The van der Waals surface area contributed by atoms with Crippen molar-refractivity contribution in [2.75, 3.05) is 0 Å². The predicted octanol–water partition coefficient (Wildman–Crippen LogP) is 2.08. The molecule has 0 aliphatic carbocycles. The fraction of sp³-hybridized carbons (Fsp3) is 0.400. The average Bonchev–Trinajstić information content (AvgIpc) is 2.48. The Hall–Kier alpha value is -1.58. The number of carbonyl (C=O) groups excluding carboxylic acids is 2. The molecule has 76 valence electrons. The fourth-order valence-corrected chi connectivity index (χ4v) is 0.911. The van der Waals surface area contributed by atoms with E-state index in [-0.39, 0.29) is 0 Å². The minimum Gasteiger partial charge on any atom is -0.443 e. The molecule has 0 radical (unpaired) electrons. The van der Waals surface area contributed by atoms with Crippen LogP contribution in [0.1, 0.15) is 31.1 Å². The molecule has 0 aliphatic heterocycles. The molecule has 14 heavy (non-hydrogen) atoms. The van der Waals surface area contributed by atoms with Gasteiger partial charge in [0, 0.05) is 18.0 Å². The molecular weight excluding hydrogens is 182 g/mol. The Morgan fingerprint density at radius 1 is 1.50 bits per heavy atom. The standard InChI is InChI=1S/C10H13NO3/c1-10(2,3)14-9(13)11-5-4-8(6-11)7-12/h4-7H,1-3H3. The van der Waals surface area contributed by atoms with E-state index in [1.807, 2.05) is 0 Å². The molecule has 1 rings (SSSR count). The Morgan fingerprint density at radius 2 is 2.14 bits per heavy atom. The highest BCUT2D eigenvalue weighted by Crippen LogP contribution is 2.09. The van der Waals surface area contributed by atoms with Gasteiger partial charge >= 0.3 is 6.09 Å². The van der Waals surface area contributed by atoms with E-state index >= 15 is 0 Å². The van der Waals surface area contributed by atoms with E-state index in [2.05, 4.69) is 0 Å². The van der Waals surface area contributed by atoms with Gasteiger partial charge in [0.05, 0.1) is 0 Å². The van der Waals surface area contributed by atoms with Crippen LogP contribution in [-0.2, 0) is 4.74 Å². The molecule has 0 aliphatic rings. The van der Waals surface area contributed by atoms with Crippen molar-refractivity contribution in [3.05, 3.63) is 24.0 Å². The van der Waals surface area contributed by atoms with Gasteiger partial charge in [-0.1, -0.05) is 0 Å². The second kappa shape index (κ2) is 3.65. The Morgan fingerprint density at radius 3 is 2.57 bits per heavy atom. The number of hydrogen-bond donors (Lipinski definition) is 0. The molecule has 0 amide bonds. The van der Waals surface area contributed by atoms with Crippen LogP contribution in [-0.4, -0.2) is 22.5 Å². The van der Waals surface area contributed by atoms with Crippen LogP contribution in [0.5, 0.6) is 0 Å². The summed E-state index contributed by atoms with van der Waals surface area (Å²) in [4.78, 5) is 21.8. The van der Waals surface area contributed by atoms with Gasteiger partial charge < -0.3 is 4.74 Å². The van der Waals surface area contributed by atoms with Crippen molar-refractivity contribution in [2.45, 2.75) is 26.4 Å². The van der Waals surface area contributed by atoms with Crippen molar-refractivity contribution in [1.29, 1.82) is 0 Å². The normalized spacial score (nSPS) is 11.1. The van der Waals surface area contributed by atoms with Crippen LogP contribution in [0.25, 0.3) is 0 Å². The lowest BCUT2D eigenvalue weighted by molar-refractivity contribution is 0.0537. The number of carbonyl (C=O) groups is 2. The summed E-state index contributed by atoms with van der Waals surface area (Å²) in [7, 11) is 0. The Kier molecular flexibility index (Phi) is 2.74. The monoisotopic (exact) mass is 195 g/mol. The smallest absolute Gasteiger partial charge is 0.418 e. The van der Waals surface area contributed by atoms with E-state index in [0.717, 1.165) is 0 Å². The van der Waals surface area contributed by atoms with E-state index < -0.39 is 11.7 Å². The van der Waals surface area contributed by atoms with Gasteiger partial charge in [-0.05, 0) is 26.8 Å². The van der Waals surface area contributed by atoms with Crippen LogP contribution in [0.15, 0.2) is 18.5 Å². The van der Waals surface area contributed by atoms with Crippen LogP contribution in [0, 0.1) is 0 Å². The first kappa shape index (κ1) is 10.5. The summed E-state index contributed by atoms with van der Waals surface area (Å²) in [5.74, 6) is 0. The molecule has 0 aromatic carbocycles. The highest BCUT2D eigenvalue weighted by Gasteiger charge is 2.17. The summed E-state index contributed by atoms with van der Waals surface area (Å²) in [5.41, 5.74) is -0.0706. The van der Waals surface area contributed by atoms with Gasteiger partial charge in [0.25, 0.3) is 0 Å². The second-order valence-electron chi connectivity index (χ2n) is 3.95. The first-order chi connectivity index (χ1) is 6.42. The topological polar surface area (TPSA) is 48.3 Å². The molecule has 0 atom stereocenters. The molecule has 0 saturated carbocycles. The molecule has 0 saturated heterocycles. The van der Waals surface area contributed by atoms with Crippen LogP contribution in [0.2, 0.25) is 0 Å². The third-order valence-electron chi connectivity index (χ3n) is 1.46. The van der Waals surface area contributed by atoms with E-state index in [1.54, 1.807) is 26.8 Å². The number of ether oxygens (including phenoxy) is 1. The summed E-state index contributed by atoms with van der Waals surface area (Å²) in [6, 6.07) is 1.55. The van der Waals surface area contributed by atoms with Gasteiger partial charge in [-0.25, -0.2) is 4.79 Å². The zero-order chi connectivity index (χ0) is 10.8. The maximum atomic E-state index is 11.4. The molecule has 0 N–H and O–H groups in total. The van der Waals surface area contributed by atoms with Gasteiger partial charge in [0.2, 0.25) is 0 Å². The van der Waals surface area contributed by atoms with Gasteiger partial charge in [0.15, 0.2) is 6.29 Å². The first-order valence-corrected chi connectivity index (χ1v) is 4.29. The van der Waals surface area contributed by atoms with Gasteiger partial charge in [-0.3, -0.25) is 9.36 Å². The van der Waals surface area contributed by atoms with Crippen molar-refractivity contribution in [2.24, 2.45) is 0 Å². The highest BCUT2D eigenvalue weighted by molar-refractivity contribution is 5.78. The molecule has 0 bridgehead atoms. The van der Waals surface area contributed by atoms with Gasteiger partial charge in [-0.15, -0.1) is 0 Å². The van der Waals surface area contributed by atoms with Crippen LogP contribution >= 0.6 is 0 Å². The summed E-state index contributed by atoms with van der Waals surface area (Å²) in [6.45, 7) is 5.36. The van der Waals surface area contributed by atoms with Crippen molar-refractivity contribution in [3.8, 4) is 0 Å². The van der Waals surface area contributed by atoms with Gasteiger partial charge in [0.1, 0.15) is 5.60 Å². The largest absolute Gasteiger partial charge is 0.443 e. The van der Waals surface area contributed by atoms with Crippen molar-refractivity contribution in [1.82, 2.24) is 4.57 Å². The highest BCUT2D eigenvalue weighted by atomic mass is 16.6.